The molecule has 1 heteroatoms. The van der Waals surface area contributed by atoms with E-state index in [4.69, 9.17) is 4.74 Å². The van der Waals surface area contributed by atoms with E-state index in [1.54, 1.807) is 0 Å². The zero-order valence-electron chi connectivity index (χ0n) is 8.80. The Kier molecular flexibility index (Phi) is 5.92. The monoisotopic (exact) mass is 182 g/mol. The van der Waals surface area contributed by atoms with Gasteiger partial charge in [0.05, 0.1) is 12.7 Å². The van der Waals surface area contributed by atoms with Gasteiger partial charge in [-0.05, 0) is 26.2 Å². The average molecular weight is 182 g/mol. The lowest BCUT2D eigenvalue weighted by molar-refractivity contribution is 0.0463. The van der Waals surface area contributed by atoms with E-state index in [0.717, 1.165) is 13.0 Å². The smallest absolute Gasteiger partial charge is 0.0575 e. The van der Waals surface area contributed by atoms with E-state index in [-0.39, 0.29) is 0 Å². The van der Waals surface area contributed by atoms with E-state index in [1.807, 2.05) is 0 Å². The molecular weight excluding hydrogens is 160 g/mol. The quantitative estimate of drug-likeness (QED) is 0.366. The molecule has 0 heterocycles. The van der Waals surface area contributed by atoms with Gasteiger partial charge >= 0.3 is 0 Å². The van der Waals surface area contributed by atoms with Crippen molar-refractivity contribution in [2.75, 3.05) is 6.61 Å². The summed E-state index contributed by atoms with van der Waals surface area (Å²) < 4.78 is 5.81. The van der Waals surface area contributed by atoms with Crippen LogP contribution in [0.3, 0.4) is 0 Å². The Hall–Kier alpha value is -0.300. The highest BCUT2D eigenvalue weighted by molar-refractivity contribution is 4.76. The summed E-state index contributed by atoms with van der Waals surface area (Å²) in [5.41, 5.74) is 0. The normalized spacial score (nSPS) is 20.7. The van der Waals surface area contributed by atoms with Crippen LogP contribution in [0.2, 0.25) is 0 Å². The minimum absolute atomic E-state index is 0.563. The van der Waals surface area contributed by atoms with Crippen molar-refractivity contribution < 1.29 is 4.74 Å². The average Bonchev–Trinajstić information content (AvgIpc) is 2.41. The first kappa shape index (κ1) is 10.8. The predicted molar refractivity (Wildman–Crippen MR) is 56.9 cm³/mol. The molecule has 0 N–H and O–H groups in total. The third-order valence-electron chi connectivity index (χ3n) is 2.68. The lowest BCUT2D eigenvalue weighted by Gasteiger charge is -2.14. The van der Waals surface area contributed by atoms with Crippen molar-refractivity contribution >= 4 is 0 Å². The first-order valence-electron chi connectivity index (χ1n) is 5.66. The molecule has 76 valence electrons. The van der Waals surface area contributed by atoms with E-state index in [9.17, 15) is 0 Å². The third-order valence-corrected chi connectivity index (χ3v) is 2.68. The van der Waals surface area contributed by atoms with Crippen LogP contribution in [0.4, 0.5) is 0 Å². The first-order valence-corrected chi connectivity index (χ1v) is 5.66. The van der Waals surface area contributed by atoms with Crippen molar-refractivity contribution in [3.05, 3.63) is 12.2 Å². The summed E-state index contributed by atoms with van der Waals surface area (Å²) >= 11 is 0. The zero-order chi connectivity index (χ0) is 9.36. The van der Waals surface area contributed by atoms with Gasteiger partial charge in [-0.15, -0.1) is 0 Å². The molecule has 1 fully saturated rings. The summed E-state index contributed by atoms with van der Waals surface area (Å²) in [6.45, 7) is 2.97. The molecule has 1 saturated carbocycles. The predicted octanol–water partition coefficient (Wildman–Crippen LogP) is 3.69. The summed E-state index contributed by atoms with van der Waals surface area (Å²) in [6, 6.07) is 0. The Morgan fingerprint density at radius 2 is 1.85 bits per heavy atom. The Morgan fingerprint density at radius 1 is 1.15 bits per heavy atom. The molecule has 13 heavy (non-hydrogen) atoms. The van der Waals surface area contributed by atoms with Gasteiger partial charge in [0.2, 0.25) is 0 Å². The molecule has 0 atom stereocenters. The Bertz CT molecular complexity index is 132. The Morgan fingerprint density at radius 3 is 2.46 bits per heavy atom. The van der Waals surface area contributed by atoms with Crippen LogP contribution in [0.5, 0.6) is 0 Å². The van der Waals surface area contributed by atoms with Gasteiger partial charge in [0.1, 0.15) is 0 Å². The molecule has 1 nitrogen and oxygen atoms in total. The van der Waals surface area contributed by atoms with Gasteiger partial charge in [-0.2, -0.15) is 0 Å². The molecular formula is C12H22O. The fourth-order valence-electron chi connectivity index (χ4n) is 1.88. The number of hydrogen-bond acceptors (Lipinski definition) is 1. The number of hydrogen-bond donors (Lipinski definition) is 0. The standard InChI is InChI=1S/C12H22O/c1-2-3-8-11-13-12-9-6-4-5-7-10-12/h2-3,12H,4-11H2,1H3. The van der Waals surface area contributed by atoms with Crippen LogP contribution in [0.15, 0.2) is 12.2 Å². The number of ether oxygens (including phenoxy) is 1. The van der Waals surface area contributed by atoms with Gasteiger partial charge in [-0.25, -0.2) is 0 Å². The van der Waals surface area contributed by atoms with Crippen molar-refractivity contribution in [2.24, 2.45) is 0 Å². The molecule has 0 aromatic heterocycles. The van der Waals surface area contributed by atoms with Crippen LogP contribution in [0.1, 0.15) is 51.9 Å². The van der Waals surface area contributed by atoms with Gasteiger partial charge in [0.15, 0.2) is 0 Å². The van der Waals surface area contributed by atoms with E-state index in [0.29, 0.717) is 6.10 Å². The third kappa shape index (κ3) is 5.09. The van der Waals surface area contributed by atoms with Crippen LogP contribution in [-0.2, 0) is 4.74 Å². The van der Waals surface area contributed by atoms with Crippen molar-refractivity contribution in [1.82, 2.24) is 0 Å². The van der Waals surface area contributed by atoms with Gasteiger partial charge in [0, 0.05) is 0 Å². The lowest BCUT2D eigenvalue weighted by atomic mass is 10.1. The summed E-state index contributed by atoms with van der Waals surface area (Å²) in [5, 5.41) is 0. The van der Waals surface area contributed by atoms with E-state index in [2.05, 4.69) is 19.1 Å². The fourth-order valence-corrected chi connectivity index (χ4v) is 1.88. The largest absolute Gasteiger partial charge is 0.378 e. The molecule has 0 aromatic rings. The molecule has 1 aliphatic carbocycles. The number of allylic oxidation sites excluding steroid dienone is 1. The summed E-state index contributed by atoms with van der Waals surface area (Å²) in [7, 11) is 0. The highest BCUT2D eigenvalue weighted by Crippen LogP contribution is 2.19. The molecule has 0 aliphatic heterocycles. The molecule has 0 amide bonds. The molecule has 0 aromatic carbocycles. The van der Waals surface area contributed by atoms with Crippen LogP contribution in [-0.4, -0.2) is 12.7 Å². The van der Waals surface area contributed by atoms with Crippen molar-refractivity contribution in [2.45, 2.75) is 58.0 Å². The molecule has 1 aliphatic rings. The molecule has 0 spiro atoms. The second kappa shape index (κ2) is 7.14. The van der Waals surface area contributed by atoms with Crippen LogP contribution < -0.4 is 0 Å². The Labute approximate surface area is 82.2 Å². The topological polar surface area (TPSA) is 9.23 Å². The number of rotatable bonds is 4. The Balaban J connectivity index is 2.04. The summed E-state index contributed by atoms with van der Waals surface area (Å²) in [6.07, 6.45) is 14.0. The van der Waals surface area contributed by atoms with Crippen molar-refractivity contribution in [3.8, 4) is 0 Å². The van der Waals surface area contributed by atoms with E-state index >= 15 is 0 Å². The molecule has 0 unspecified atom stereocenters. The zero-order valence-corrected chi connectivity index (χ0v) is 8.80. The second-order valence-electron chi connectivity index (χ2n) is 3.84. The van der Waals surface area contributed by atoms with Crippen LogP contribution >= 0.6 is 0 Å². The maximum absolute atomic E-state index is 5.81. The van der Waals surface area contributed by atoms with E-state index in [1.165, 1.54) is 38.5 Å². The lowest BCUT2D eigenvalue weighted by Crippen LogP contribution is -2.12. The van der Waals surface area contributed by atoms with Crippen molar-refractivity contribution in [1.29, 1.82) is 0 Å². The van der Waals surface area contributed by atoms with E-state index < -0.39 is 0 Å². The SMILES string of the molecule is CC=CCCOC1CCCCCC1. The summed E-state index contributed by atoms with van der Waals surface area (Å²) in [4.78, 5) is 0. The molecule has 0 radical (unpaired) electrons. The highest BCUT2D eigenvalue weighted by Gasteiger charge is 2.11. The minimum Gasteiger partial charge on any atom is -0.378 e. The van der Waals surface area contributed by atoms with Gasteiger partial charge in [-0.3, -0.25) is 0 Å². The van der Waals surface area contributed by atoms with Crippen LogP contribution in [0, 0.1) is 0 Å². The first-order chi connectivity index (χ1) is 6.43. The fraction of sp³-hybridized carbons (Fsp3) is 0.833. The van der Waals surface area contributed by atoms with Crippen LogP contribution in [0.25, 0.3) is 0 Å². The summed E-state index contributed by atoms with van der Waals surface area (Å²) in [5.74, 6) is 0. The van der Waals surface area contributed by atoms with Gasteiger partial charge < -0.3 is 4.74 Å². The maximum atomic E-state index is 5.81. The maximum Gasteiger partial charge on any atom is 0.0575 e. The van der Waals surface area contributed by atoms with Crippen molar-refractivity contribution in [3.63, 3.8) is 0 Å². The minimum atomic E-state index is 0.563. The van der Waals surface area contributed by atoms with Gasteiger partial charge in [0.25, 0.3) is 0 Å². The van der Waals surface area contributed by atoms with Gasteiger partial charge in [-0.1, -0.05) is 37.8 Å². The molecule has 0 bridgehead atoms. The molecule has 0 saturated heterocycles. The molecule has 1 rings (SSSR count). The second-order valence-corrected chi connectivity index (χ2v) is 3.84. The highest BCUT2D eigenvalue weighted by atomic mass is 16.5.